The van der Waals surface area contributed by atoms with E-state index in [-0.39, 0.29) is 18.3 Å². The molecule has 0 spiro atoms. The molecule has 10 heteroatoms. The van der Waals surface area contributed by atoms with Gasteiger partial charge in [0.05, 0.1) is 17.9 Å². The monoisotopic (exact) mass is 423 g/mol. The van der Waals surface area contributed by atoms with Crippen LogP contribution in [0.3, 0.4) is 0 Å². The average molecular weight is 423 g/mol. The summed E-state index contributed by atoms with van der Waals surface area (Å²) < 4.78 is 41.9. The van der Waals surface area contributed by atoms with Gasteiger partial charge in [0.1, 0.15) is 11.8 Å². The molecular formula is C19H25N3O6S. The third-order valence-corrected chi connectivity index (χ3v) is 6.60. The molecule has 1 atom stereocenters. The molecule has 2 heterocycles. The number of esters is 1. The fourth-order valence-electron chi connectivity index (χ4n) is 3.27. The van der Waals surface area contributed by atoms with E-state index >= 15 is 0 Å². The first-order valence-corrected chi connectivity index (χ1v) is 11.3. The van der Waals surface area contributed by atoms with Gasteiger partial charge in [-0.2, -0.15) is 9.29 Å². The number of hydrogen-bond donors (Lipinski definition) is 0. The predicted molar refractivity (Wildman–Crippen MR) is 105 cm³/mol. The van der Waals surface area contributed by atoms with Crippen LogP contribution in [0.25, 0.3) is 11.4 Å². The number of sulfonamides is 1. The lowest BCUT2D eigenvalue weighted by Gasteiger charge is -2.22. The number of para-hydroxylation sites is 1. The molecule has 0 aliphatic carbocycles. The van der Waals surface area contributed by atoms with E-state index in [0.717, 1.165) is 0 Å². The number of carbonyl (C=O) groups is 1. The molecule has 1 saturated heterocycles. The highest BCUT2D eigenvalue weighted by atomic mass is 32.2. The summed E-state index contributed by atoms with van der Waals surface area (Å²) in [7, 11) is -3.46. The van der Waals surface area contributed by atoms with Gasteiger partial charge in [-0.25, -0.2) is 8.42 Å². The maximum absolute atomic E-state index is 12.5. The van der Waals surface area contributed by atoms with Crippen molar-refractivity contribution in [2.45, 2.75) is 45.8 Å². The topological polar surface area (TPSA) is 112 Å². The summed E-state index contributed by atoms with van der Waals surface area (Å²) >= 11 is 0. The van der Waals surface area contributed by atoms with Gasteiger partial charge >= 0.3 is 5.97 Å². The Labute approximate surface area is 170 Å². The molecule has 1 aromatic carbocycles. The Morgan fingerprint density at radius 1 is 1.31 bits per heavy atom. The van der Waals surface area contributed by atoms with Crippen LogP contribution in [0.5, 0.6) is 5.75 Å². The Kier molecular flexibility index (Phi) is 6.86. The molecule has 0 radical (unpaired) electrons. The minimum Gasteiger partial charge on any atom is -0.493 e. The average Bonchev–Trinajstić information content (AvgIpc) is 3.37. The molecular weight excluding hydrogens is 398 g/mol. The van der Waals surface area contributed by atoms with E-state index in [9.17, 15) is 13.2 Å². The number of ether oxygens (including phenoxy) is 2. The summed E-state index contributed by atoms with van der Waals surface area (Å²) in [5.74, 6) is 0.496. The summed E-state index contributed by atoms with van der Waals surface area (Å²) in [6.07, 6.45) is 1.56. The second-order valence-corrected chi connectivity index (χ2v) is 8.67. The van der Waals surface area contributed by atoms with Gasteiger partial charge < -0.3 is 14.0 Å². The zero-order chi connectivity index (χ0) is 20.9. The number of aromatic nitrogens is 2. The van der Waals surface area contributed by atoms with Crippen LogP contribution in [0.2, 0.25) is 0 Å². The van der Waals surface area contributed by atoms with Crippen molar-refractivity contribution < 1.29 is 27.2 Å². The third-order valence-electron chi connectivity index (χ3n) is 4.53. The fourth-order valence-corrected chi connectivity index (χ4v) is 5.01. The van der Waals surface area contributed by atoms with E-state index in [2.05, 4.69) is 10.1 Å². The van der Waals surface area contributed by atoms with E-state index in [4.69, 9.17) is 14.0 Å². The fraction of sp³-hybridized carbons (Fsp3) is 0.526. The standard InChI is InChI=1S/C19H25N3O6S/c1-3-12-29(24,25)22-11-7-9-15(22)19(23)27-13-17-20-18(21-28-17)14-8-5-6-10-16(14)26-4-2/h5-6,8,10,15H,3-4,7,9,11-13H2,1-2H3. The minimum atomic E-state index is -3.46. The smallest absolute Gasteiger partial charge is 0.324 e. The normalized spacial score (nSPS) is 17.4. The van der Waals surface area contributed by atoms with Crippen LogP contribution < -0.4 is 4.74 Å². The van der Waals surface area contributed by atoms with Crippen molar-refractivity contribution in [3.05, 3.63) is 30.2 Å². The SMILES string of the molecule is CCCS(=O)(=O)N1CCCC1C(=O)OCc1nc(-c2ccccc2OCC)no1. The molecule has 3 rings (SSSR count). The molecule has 1 aliphatic heterocycles. The zero-order valence-corrected chi connectivity index (χ0v) is 17.4. The highest BCUT2D eigenvalue weighted by Crippen LogP contribution is 2.28. The lowest BCUT2D eigenvalue weighted by molar-refractivity contribution is -0.149. The van der Waals surface area contributed by atoms with Gasteiger partial charge in [-0.1, -0.05) is 24.2 Å². The van der Waals surface area contributed by atoms with Gasteiger partial charge in [0.15, 0.2) is 6.61 Å². The Morgan fingerprint density at radius 3 is 2.86 bits per heavy atom. The largest absolute Gasteiger partial charge is 0.493 e. The van der Waals surface area contributed by atoms with Gasteiger partial charge in [-0.3, -0.25) is 4.79 Å². The highest BCUT2D eigenvalue weighted by molar-refractivity contribution is 7.89. The quantitative estimate of drug-likeness (QED) is 0.565. The molecule has 29 heavy (non-hydrogen) atoms. The van der Waals surface area contributed by atoms with Crippen LogP contribution in [-0.2, 0) is 26.2 Å². The number of benzene rings is 1. The first kappa shape index (κ1) is 21.3. The molecule has 2 aromatic rings. The second-order valence-electron chi connectivity index (χ2n) is 6.63. The van der Waals surface area contributed by atoms with Gasteiger partial charge in [-0.05, 0) is 38.3 Å². The molecule has 0 N–H and O–H groups in total. The molecule has 9 nitrogen and oxygen atoms in total. The van der Waals surface area contributed by atoms with Crippen molar-refractivity contribution >= 4 is 16.0 Å². The van der Waals surface area contributed by atoms with Gasteiger partial charge in [0.2, 0.25) is 15.8 Å². The summed E-state index contributed by atoms with van der Waals surface area (Å²) in [6, 6.07) is 6.49. The van der Waals surface area contributed by atoms with Crippen LogP contribution in [0, 0.1) is 0 Å². The molecule has 1 aliphatic rings. The molecule has 1 aromatic heterocycles. The number of carbonyl (C=O) groups excluding carboxylic acids is 1. The first-order chi connectivity index (χ1) is 14.0. The maximum Gasteiger partial charge on any atom is 0.324 e. The number of nitrogens with zero attached hydrogens (tertiary/aromatic N) is 3. The van der Waals surface area contributed by atoms with Crippen LogP contribution in [0.1, 0.15) is 39.0 Å². The summed E-state index contributed by atoms with van der Waals surface area (Å²) in [6.45, 7) is 4.28. The van der Waals surface area contributed by atoms with E-state index in [1.54, 1.807) is 19.1 Å². The van der Waals surface area contributed by atoms with Crippen molar-refractivity contribution in [2.75, 3.05) is 18.9 Å². The maximum atomic E-state index is 12.5. The Bertz CT molecular complexity index is 943. The first-order valence-electron chi connectivity index (χ1n) is 9.67. The number of hydrogen-bond acceptors (Lipinski definition) is 8. The lowest BCUT2D eigenvalue weighted by Crippen LogP contribution is -2.42. The Morgan fingerprint density at radius 2 is 2.10 bits per heavy atom. The summed E-state index contributed by atoms with van der Waals surface area (Å²) in [4.78, 5) is 16.7. The minimum absolute atomic E-state index is 0.0169. The zero-order valence-electron chi connectivity index (χ0n) is 16.5. The van der Waals surface area contributed by atoms with Gasteiger partial charge in [0.25, 0.3) is 5.89 Å². The van der Waals surface area contributed by atoms with Crippen molar-refractivity contribution in [2.24, 2.45) is 0 Å². The van der Waals surface area contributed by atoms with E-state index in [1.807, 2.05) is 19.1 Å². The molecule has 158 valence electrons. The van der Waals surface area contributed by atoms with E-state index in [0.29, 0.717) is 49.6 Å². The third kappa shape index (κ3) is 4.94. The van der Waals surface area contributed by atoms with Crippen LogP contribution >= 0.6 is 0 Å². The van der Waals surface area contributed by atoms with Crippen molar-refractivity contribution in [3.8, 4) is 17.1 Å². The Balaban J connectivity index is 1.65. The van der Waals surface area contributed by atoms with E-state index < -0.39 is 22.0 Å². The van der Waals surface area contributed by atoms with Crippen LogP contribution in [0.4, 0.5) is 0 Å². The van der Waals surface area contributed by atoms with Gasteiger partial charge in [-0.15, -0.1) is 0 Å². The van der Waals surface area contributed by atoms with Crippen LogP contribution in [0.15, 0.2) is 28.8 Å². The summed E-state index contributed by atoms with van der Waals surface area (Å²) in [5.41, 5.74) is 0.670. The molecule has 0 saturated carbocycles. The van der Waals surface area contributed by atoms with Crippen molar-refractivity contribution in [3.63, 3.8) is 0 Å². The number of rotatable bonds is 9. The van der Waals surface area contributed by atoms with Crippen LogP contribution in [-0.4, -0.2) is 53.8 Å². The van der Waals surface area contributed by atoms with Crippen molar-refractivity contribution in [1.29, 1.82) is 0 Å². The predicted octanol–water partition coefficient (Wildman–Crippen LogP) is 2.38. The lowest BCUT2D eigenvalue weighted by atomic mass is 10.2. The molecule has 0 bridgehead atoms. The van der Waals surface area contributed by atoms with Gasteiger partial charge in [0, 0.05) is 6.54 Å². The molecule has 1 unspecified atom stereocenters. The molecule has 1 fully saturated rings. The van der Waals surface area contributed by atoms with Crippen molar-refractivity contribution in [1.82, 2.24) is 14.4 Å². The second kappa shape index (κ2) is 9.36. The molecule has 0 amide bonds. The Hall–Kier alpha value is -2.46. The summed E-state index contributed by atoms with van der Waals surface area (Å²) in [5, 5.41) is 3.92. The van der Waals surface area contributed by atoms with E-state index in [1.165, 1.54) is 4.31 Å². The highest BCUT2D eigenvalue weighted by Gasteiger charge is 2.39.